The van der Waals surface area contributed by atoms with Gasteiger partial charge in [0, 0.05) is 22.5 Å². The zero-order valence-corrected chi connectivity index (χ0v) is 17.2. The molecule has 1 heterocycles. The Morgan fingerprint density at radius 2 is 1.79 bits per heavy atom. The van der Waals surface area contributed by atoms with Crippen LogP contribution in [-0.4, -0.2) is 32.7 Å². The van der Waals surface area contributed by atoms with Gasteiger partial charge in [-0.25, -0.2) is 4.98 Å². The first-order valence-corrected chi connectivity index (χ1v) is 10.4. The van der Waals surface area contributed by atoms with E-state index in [1.165, 1.54) is 0 Å². The SMILES string of the molecule is O=C(N[C@H]1CCCC[C@H]1O)c1cn(-c2ccc(Cl)cc2)c(-c2ccccc2Cl)n1. The highest BCUT2D eigenvalue weighted by Gasteiger charge is 2.26. The van der Waals surface area contributed by atoms with Crippen molar-refractivity contribution in [2.75, 3.05) is 0 Å². The first-order valence-electron chi connectivity index (χ1n) is 9.62. The number of halogens is 2. The summed E-state index contributed by atoms with van der Waals surface area (Å²) in [5.41, 5.74) is 1.81. The van der Waals surface area contributed by atoms with Crippen molar-refractivity contribution in [3.8, 4) is 17.1 Å². The maximum atomic E-state index is 12.9. The van der Waals surface area contributed by atoms with Gasteiger partial charge in [0.15, 0.2) is 0 Å². The van der Waals surface area contributed by atoms with Gasteiger partial charge >= 0.3 is 0 Å². The summed E-state index contributed by atoms with van der Waals surface area (Å²) < 4.78 is 1.82. The molecular weight excluding hydrogens is 409 g/mol. The average molecular weight is 430 g/mol. The number of hydrogen-bond acceptors (Lipinski definition) is 3. The number of hydrogen-bond donors (Lipinski definition) is 2. The van der Waals surface area contributed by atoms with Gasteiger partial charge in [0.1, 0.15) is 11.5 Å². The molecule has 1 fully saturated rings. The van der Waals surface area contributed by atoms with Crippen LogP contribution in [0.5, 0.6) is 0 Å². The van der Waals surface area contributed by atoms with Crippen molar-refractivity contribution >= 4 is 29.1 Å². The smallest absolute Gasteiger partial charge is 0.271 e. The molecule has 2 atom stereocenters. The Morgan fingerprint density at radius 1 is 1.07 bits per heavy atom. The summed E-state index contributed by atoms with van der Waals surface area (Å²) in [7, 11) is 0. The van der Waals surface area contributed by atoms with Gasteiger partial charge < -0.3 is 10.4 Å². The highest BCUT2D eigenvalue weighted by Crippen LogP contribution is 2.30. The van der Waals surface area contributed by atoms with E-state index in [2.05, 4.69) is 10.3 Å². The second-order valence-corrected chi connectivity index (χ2v) is 8.05. The molecule has 1 aliphatic rings. The quantitative estimate of drug-likeness (QED) is 0.620. The Labute approximate surface area is 179 Å². The summed E-state index contributed by atoms with van der Waals surface area (Å²) in [4.78, 5) is 17.5. The molecule has 0 spiro atoms. The van der Waals surface area contributed by atoms with Crippen molar-refractivity contribution in [1.29, 1.82) is 0 Å². The van der Waals surface area contributed by atoms with Crippen molar-refractivity contribution in [1.82, 2.24) is 14.9 Å². The Morgan fingerprint density at radius 3 is 2.52 bits per heavy atom. The summed E-state index contributed by atoms with van der Waals surface area (Å²) in [5.74, 6) is 0.254. The lowest BCUT2D eigenvalue weighted by Crippen LogP contribution is -2.45. The van der Waals surface area contributed by atoms with Crippen LogP contribution in [0, 0.1) is 0 Å². The highest BCUT2D eigenvalue weighted by molar-refractivity contribution is 6.33. The molecule has 0 unspecified atom stereocenters. The van der Waals surface area contributed by atoms with Gasteiger partial charge in [-0.15, -0.1) is 0 Å². The summed E-state index contributed by atoms with van der Waals surface area (Å²) in [6, 6.07) is 14.4. The maximum absolute atomic E-state index is 12.9. The normalized spacial score (nSPS) is 19.1. The van der Waals surface area contributed by atoms with Gasteiger partial charge in [-0.3, -0.25) is 9.36 Å². The van der Waals surface area contributed by atoms with Crippen LogP contribution in [0.3, 0.4) is 0 Å². The van der Waals surface area contributed by atoms with Crippen molar-refractivity contribution in [3.63, 3.8) is 0 Å². The van der Waals surface area contributed by atoms with Gasteiger partial charge in [0.25, 0.3) is 5.91 Å². The number of amides is 1. The Balaban J connectivity index is 1.72. The summed E-state index contributed by atoms with van der Waals surface area (Å²) in [5, 5.41) is 14.3. The number of carbonyl (C=O) groups excluding carboxylic acids is 1. The lowest BCUT2D eigenvalue weighted by atomic mass is 9.92. The molecule has 2 aromatic carbocycles. The number of benzene rings is 2. The van der Waals surface area contributed by atoms with Gasteiger partial charge in [0.2, 0.25) is 0 Å². The van der Waals surface area contributed by atoms with Crippen molar-refractivity contribution in [3.05, 3.63) is 70.5 Å². The molecule has 0 aliphatic heterocycles. The van der Waals surface area contributed by atoms with Gasteiger partial charge in [-0.1, -0.05) is 48.2 Å². The van der Waals surface area contributed by atoms with Crippen molar-refractivity contribution in [2.24, 2.45) is 0 Å². The van der Waals surface area contributed by atoms with Crippen molar-refractivity contribution < 1.29 is 9.90 Å². The van der Waals surface area contributed by atoms with Gasteiger partial charge in [-0.05, 0) is 49.2 Å². The minimum Gasteiger partial charge on any atom is -0.391 e. The Hall–Kier alpha value is -2.34. The number of nitrogens with one attached hydrogen (secondary N) is 1. The molecule has 5 nitrogen and oxygen atoms in total. The summed E-state index contributed by atoms with van der Waals surface area (Å²) >= 11 is 12.4. The summed E-state index contributed by atoms with van der Waals surface area (Å²) in [6.45, 7) is 0. The first kappa shape index (κ1) is 20.0. The largest absolute Gasteiger partial charge is 0.391 e. The molecule has 29 heavy (non-hydrogen) atoms. The molecule has 2 N–H and O–H groups in total. The molecule has 150 valence electrons. The molecule has 1 aromatic heterocycles. The molecular formula is C22H21Cl2N3O2. The number of aliphatic hydroxyl groups is 1. The van der Waals surface area contributed by atoms with E-state index in [1.54, 1.807) is 24.4 Å². The third-order valence-corrected chi connectivity index (χ3v) is 5.79. The predicted octanol–water partition coefficient (Wildman–Crippen LogP) is 4.88. The highest BCUT2D eigenvalue weighted by atomic mass is 35.5. The molecule has 1 aliphatic carbocycles. The topological polar surface area (TPSA) is 67.2 Å². The monoisotopic (exact) mass is 429 g/mol. The molecule has 0 bridgehead atoms. The number of imidazole rings is 1. The number of aliphatic hydroxyl groups excluding tert-OH is 1. The number of carbonyl (C=O) groups is 1. The van der Waals surface area contributed by atoms with Gasteiger partial charge in [0.05, 0.1) is 17.2 Å². The number of nitrogens with zero attached hydrogens (tertiary/aromatic N) is 2. The minimum absolute atomic E-state index is 0.249. The van der Waals surface area contributed by atoms with E-state index in [9.17, 15) is 9.90 Å². The van der Waals surface area contributed by atoms with E-state index in [4.69, 9.17) is 23.2 Å². The molecule has 7 heteroatoms. The van der Waals surface area contributed by atoms with Crippen molar-refractivity contribution in [2.45, 2.75) is 37.8 Å². The Kier molecular flexibility index (Phi) is 5.90. The fourth-order valence-electron chi connectivity index (χ4n) is 3.64. The van der Waals surface area contributed by atoms with E-state index < -0.39 is 6.10 Å². The number of rotatable bonds is 4. The van der Waals surface area contributed by atoms with Crippen LogP contribution in [0.4, 0.5) is 0 Å². The maximum Gasteiger partial charge on any atom is 0.271 e. The molecule has 1 saturated carbocycles. The third kappa shape index (κ3) is 4.32. The lowest BCUT2D eigenvalue weighted by molar-refractivity contribution is 0.0714. The standard InChI is InChI=1S/C22H21Cl2N3O2/c23-14-9-11-15(12-10-14)27-13-19(22(29)26-18-7-3-4-8-20(18)28)25-21(27)16-5-1-2-6-17(16)24/h1-2,5-6,9-13,18,20,28H,3-4,7-8H2,(H,26,29)/t18-,20+/m0/s1. The average Bonchev–Trinajstić information content (AvgIpc) is 3.16. The van der Waals surface area contributed by atoms with E-state index in [1.807, 2.05) is 34.9 Å². The minimum atomic E-state index is -0.519. The molecule has 4 rings (SSSR count). The second-order valence-electron chi connectivity index (χ2n) is 7.21. The van der Waals surface area contributed by atoms with E-state index in [0.717, 1.165) is 30.5 Å². The van der Waals surface area contributed by atoms with E-state index in [-0.39, 0.29) is 17.6 Å². The fourth-order valence-corrected chi connectivity index (χ4v) is 3.99. The molecule has 3 aromatic rings. The second kappa shape index (κ2) is 8.57. The van der Waals surface area contributed by atoms with Crippen LogP contribution in [-0.2, 0) is 0 Å². The van der Waals surface area contributed by atoms with Gasteiger partial charge in [-0.2, -0.15) is 0 Å². The molecule has 0 radical (unpaired) electrons. The molecule has 0 saturated heterocycles. The Bertz CT molecular complexity index is 1020. The van der Waals surface area contributed by atoms with Crippen LogP contribution in [0.1, 0.15) is 36.2 Å². The molecule has 1 amide bonds. The van der Waals surface area contributed by atoms with Crippen LogP contribution in [0.25, 0.3) is 17.1 Å². The third-order valence-electron chi connectivity index (χ3n) is 5.20. The number of aromatic nitrogens is 2. The lowest BCUT2D eigenvalue weighted by Gasteiger charge is -2.27. The van der Waals surface area contributed by atoms with Crippen LogP contribution >= 0.6 is 23.2 Å². The fraction of sp³-hybridized carbons (Fsp3) is 0.273. The van der Waals surface area contributed by atoms with E-state index in [0.29, 0.717) is 22.3 Å². The first-order chi connectivity index (χ1) is 14.0. The van der Waals surface area contributed by atoms with E-state index >= 15 is 0 Å². The van der Waals surface area contributed by atoms with Crippen LogP contribution in [0.15, 0.2) is 54.7 Å². The van der Waals surface area contributed by atoms with Crippen LogP contribution in [0.2, 0.25) is 10.0 Å². The van der Waals surface area contributed by atoms with Crippen LogP contribution < -0.4 is 5.32 Å². The zero-order valence-electron chi connectivity index (χ0n) is 15.7. The zero-order chi connectivity index (χ0) is 20.4. The summed E-state index contributed by atoms with van der Waals surface area (Å²) in [6.07, 6.45) is 4.61. The predicted molar refractivity (Wildman–Crippen MR) is 115 cm³/mol.